The molecule has 2 aromatic rings. The molecule has 0 saturated heterocycles. The third-order valence-corrected chi connectivity index (χ3v) is 4.16. The molecule has 11 heteroatoms. The molecule has 0 unspecified atom stereocenters. The molecular weight excluding hydrogens is 366 g/mol. The fourth-order valence-corrected chi connectivity index (χ4v) is 2.91. The van der Waals surface area contributed by atoms with E-state index in [-0.39, 0.29) is 64.9 Å². The first-order chi connectivity index (χ1) is 9.69. The molecule has 0 aliphatic heterocycles. The normalized spacial score (nSPS) is 11.0. The smallest absolute Gasteiger partial charge is 0.744 e. The molecule has 0 amide bonds. The molecule has 0 aliphatic carbocycles. The van der Waals surface area contributed by atoms with Crippen LogP contribution in [0.1, 0.15) is 0 Å². The van der Waals surface area contributed by atoms with Gasteiger partial charge in [-0.15, -0.1) is 0 Å². The van der Waals surface area contributed by atoms with Crippen molar-refractivity contribution in [2.45, 2.75) is 9.79 Å². The van der Waals surface area contributed by atoms with Gasteiger partial charge < -0.3 is 13.8 Å². The van der Waals surface area contributed by atoms with Crippen LogP contribution in [0.2, 0.25) is 0 Å². The molecule has 0 aromatic heterocycles. The van der Waals surface area contributed by atoms with Crippen molar-refractivity contribution in [1.82, 2.24) is 0 Å². The molecule has 2 aromatic carbocycles. The Kier molecular flexibility index (Phi) is 8.98. The largest absolute Gasteiger partial charge is 1.00 e. The van der Waals surface area contributed by atoms with Crippen LogP contribution in [0.4, 0.5) is 0 Å². The molecule has 7 nitrogen and oxygen atoms in total. The number of ether oxygens (including phenoxy) is 1. The van der Waals surface area contributed by atoms with E-state index in [0.717, 1.165) is 18.2 Å². The molecular formula is C12H8Na2O7S2. The standard InChI is InChI=1S/C12H10O7S2.2Na/c13-20(14,15)10-7-4-8-11(21(16,17)18)12(10)19-9-5-2-1-3-6-9;;/h1-8H,(H,13,14,15)(H,16,17,18);;/q;2*+1/p-2. The summed E-state index contributed by atoms with van der Waals surface area (Å²) in [4.78, 5) is -1.83. The molecule has 0 atom stereocenters. The first-order valence-corrected chi connectivity index (χ1v) is 8.29. The molecule has 0 saturated carbocycles. The topological polar surface area (TPSA) is 124 Å². The maximum atomic E-state index is 11.2. The van der Waals surface area contributed by atoms with Crippen molar-refractivity contribution < 1.29 is 89.8 Å². The number of hydrogen-bond donors (Lipinski definition) is 0. The minimum atomic E-state index is -5.01. The molecule has 0 spiro atoms. The fraction of sp³-hybridized carbons (Fsp3) is 0. The van der Waals surface area contributed by atoms with Gasteiger partial charge in [-0.2, -0.15) is 0 Å². The zero-order valence-corrected chi connectivity index (χ0v) is 17.9. The van der Waals surface area contributed by atoms with Crippen molar-refractivity contribution in [3.8, 4) is 11.5 Å². The van der Waals surface area contributed by atoms with Crippen LogP contribution in [0.25, 0.3) is 0 Å². The van der Waals surface area contributed by atoms with E-state index < -0.39 is 35.8 Å². The Morgan fingerprint density at radius 3 is 1.52 bits per heavy atom. The Bertz CT molecular complexity index is 815. The summed E-state index contributed by atoms with van der Waals surface area (Å²) < 4.78 is 72.3. The van der Waals surface area contributed by atoms with Crippen molar-refractivity contribution in [2.75, 3.05) is 0 Å². The summed E-state index contributed by atoms with van der Waals surface area (Å²) in [5.41, 5.74) is 0. The van der Waals surface area contributed by atoms with Crippen LogP contribution in [0.5, 0.6) is 11.5 Å². The first kappa shape index (κ1) is 23.1. The van der Waals surface area contributed by atoms with Crippen LogP contribution >= 0.6 is 0 Å². The minimum Gasteiger partial charge on any atom is -0.744 e. The predicted octanol–water partition coefficient (Wildman–Crippen LogP) is -4.70. The van der Waals surface area contributed by atoms with Gasteiger partial charge in [0.15, 0.2) is 5.75 Å². The van der Waals surface area contributed by atoms with E-state index in [1.165, 1.54) is 12.1 Å². The van der Waals surface area contributed by atoms with Crippen LogP contribution in [0.3, 0.4) is 0 Å². The maximum Gasteiger partial charge on any atom is 1.00 e. The molecule has 23 heavy (non-hydrogen) atoms. The van der Waals surface area contributed by atoms with E-state index in [1.54, 1.807) is 18.2 Å². The molecule has 0 bridgehead atoms. The summed E-state index contributed by atoms with van der Waals surface area (Å²) in [5, 5.41) is 0. The molecule has 0 fully saturated rings. The minimum absolute atomic E-state index is 0. The van der Waals surface area contributed by atoms with Crippen molar-refractivity contribution in [3.05, 3.63) is 48.5 Å². The fourth-order valence-electron chi connectivity index (χ4n) is 1.60. The van der Waals surface area contributed by atoms with Gasteiger partial charge in [0.05, 0.1) is 9.79 Å². The Hall–Kier alpha value is 0.0600. The molecule has 0 radical (unpaired) electrons. The summed E-state index contributed by atoms with van der Waals surface area (Å²) in [7, 11) is -10.0. The summed E-state index contributed by atoms with van der Waals surface area (Å²) in [5.74, 6) is -0.716. The Labute approximate surface area is 178 Å². The second kappa shape index (κ2) is 8.95. The second-order valence-electron chi connectivity index (χ2n) is 3.91. The van der Waals surface area contributed by atoms with Gasteiger partial charge in [0.1, 0.15) is 26.0 Å². The van der Waals surface area contributed by atoms with E-state index >= 15 is 0 Å². The van der Waals surface area contributed by atoms with Crippen LogP contribution in [0.15, 0.2) is 58.3 Å². The Morgan fingerprint density at radius 1 is 0.696 bits per heavy atom. The van der Waals surface area contributed by atoms with Crippen LogP contribution < -0.4 is 63.9 Å². The van der Waals surface area contributed by atoms with E-state index in [0.29, 0.717) is 0 Å². The van der Waals surface area contributed by atoms with E-state index in [2.05, 4.69) is 0 Å². The monoisotopic (exact) mass is 374 g/mol. The van der Waals surface area contributed by atoms with Gasteiger partial charge in [0.25, 0.3) is 0 Å². The van der Waals surface area contributed by atoms with Crippen LogP contribution in [-0.2, 0) is 20.2 Å². The predicted molar refractivity (Wildman–Crippen MR) is 68.9 cm³/mol. The second-order valence-corrected chi connectivity index (χ2v) is 6.60. The van der Waals surface area contributed by atoms with Gasteiger partial charge in [0, 0.05) is 0 Å². The van der Waals surface area contributed by atoms with Crippen molar-refractivity contribution in [1.29, 1.82) is 0 Å². The van der Waals surface area contributed by atoms with Crippen LogP contribution in [0, 0.1) is 0 Å². The number of para-hydroxylation sites is 2. The first-order valence-electron chi connectivity index (χ1n) is 5.47. The zero-order chi connectivity index (χ0) is 15.7. The van der Waals surface area contributed by atoms with Gasteiger partial charge >= 0.3 is 59.1 Å². The van der Waals surface area contributed by atoms with E-state index in [4.69, 9.17) is 4.74 Å². The summed E-state index contributed by atoms with van der Waals surface area (Å²) >= 11 is 0. The molecule has 0 heterocycles. The molecule has 0 aliphatic rings. The van der Waals surface area contributed by atoms with E-state index in [9.17, 15) is 25.9 Å². The van der Waals surface area contributed by atoms with Gasteiger partial charge in [-0.3, -0.25) is 0 Å². The zero-order valence-electron chi connectivity index (χ0n) is 12.3. The summed E-state index contributed by atoms with van der Waals surface area (Å²) in [6.45, 7) is 0. The average molecular weight is 374 g/mol. The van der Waals surface area contributed by atoms with Crippen molar-refractivity contribution in [2.24, 2.45) is 0 Å². The van der Waals surface area contributed by atoms with Crippen molar-refractivity contribution in [3.63, 3.8) is 0 Å². The maximum absolute atomic E-state index is 11.2. The van der Waals surface area contributed by atoms with Crippen LogP contribution in [-0.4, -0.2) is 25.9 Å². The third-order valence-electron chi connectivity index (χ3n) is 2.44. The third kappa shape index (κ3) is 6.13. The summed E-state index contributed by atoms with van der Waals surface area (Å²) in [6.07, 6.45) is 0. The molecule has 0 N–H and O–H groups in total. The average Bonchev–Trinajstić information content (AvgIpc) is 2.37. The van der Waals surface area contributed by atoms with Crippen molar-refractivity contribution >= 4 is 20.2 Å². The van der Waals surface area contributed by atoms with Gasteiger partial charge in [0.2, 0.25) is 0 Å². The van der Waals surface area contributed by atoms with Gasteiger partial charge in [-0.05, 0) is 24.3 Å². The van der Waals surface area contributed by atoms with E-state index in [1.807, 2.05) is 0 Å². The van der Waals surface area contributed by atoms with Gasteiger partial charge in [-0.25, -0.2) is 16.8 Å². The molecule has 112 valence electrons. The quantitative estimate of drug-likeness (QED) is 0.389. The van der Waals surface area contributed by atoms with Gasteiger partial charge in [-0.1, -0.05) is 24.3 Å². The Balaban J connectivity index is 0.00000242. The Morgan fingerprint density at radius 2 is 1.13 bits per heavy atom. The summed E-state index contributed by atoms with van der Waals surface area (Å²) in [6, 6.07) is 10.3. The number of benzene rings is 2. The molecule has 2 rings (SSSR count). The number of rotatable bonds is 4. The number of hydrogen-bond acceptors (Lipinski definition) is 7. The SMILES string of the molecule is O=S(=O)([O-])c1cccc(S(=O)(=O)[O-])c1Oc1ccccc1.[Na+].[Na+].